The SMILES string of the molecule is CC(=O)c1ccc(N2CCN(C(=O)c3cccnc3SCc3ccc(F)cc3)CC2)c(F)c1. The summed E-state index contributed by atoms with van der Waals surface area (Å²) in [5.74, 6) is -0.446. The molecule has 3 aromatic rings. The molecule has 1 aromatic heterocycles. The van der Waals surface area contributed by atoms with Crippen LogP contribution < -0.4 is 4.90 Å². The average molecular weight is 468 g/mol. The molecule has 8 heteroatoms. The first-order valence-electron chi connectivity index (χ1n) is 10.6. The van der Waals surface area contributed by atoms with Gasteiger partial charge in [-0.15, -0.1) is 11.8 Å². The lowest BCUT2D eigenvalue weighted by molar-refractivity contribution is 0.0742. The van der Waals surface area contributed by atoms with Crippen molar-refractivity contribution in [1.29, 1.82) is 0 Å². The van der Waals surface area contributed by atoms with E-state index in [4.69, 9.17) is 0 Å². The van der Waals surface area contributed by atoms with Gasteiger partial charge in [0.15, 0.2) is 5.78 Å². The van der Waals surface area contributed by atoms with E-state index in [-0.39, 0.29) is 17.5 Å². The molecule has 0 saturated carbocycles. The number of ketones is 1. The zero-order chi connectivity index (χ0) is 23.4. The van der Waals surface area contributed by atoms with Crippen LogP contribution in [0.4, 0.5) is 14.5 Å². The average Bonchev–Trinajstić information content (AvgIpc) is 2.83. The van der Waals surface area contributed by atoms with Crippen LogP contribution >= 0.6 is 11.8 Å². The number of halogens is 2. The van der Waals surface area contributed by atoms with Crippen molar-refractivity contribution in [1.82, 2.24) is 9.88 Å². The quantitative estimate of drug-likeness (QED) is 0.384. The number of amides is 1. The second kappa shape index (κ2) is 10.1. The lowest BCUT2D eigenvalue weighted by Gasteiger charge is -2.36. The van der Waals surface area contributed by atoms with Gasteiger partial charge in [0.2, 0.25) is 0 Å². The standard InChI is InChI=1S/C25H23F2N3O2S/c1-17(31)19-6-9-23(22(27)15-19)29-11-13-30(14-12-29)25(32)21-3-2-10-28-24(21)33-16-18-4-7-20(26)8-5-18/h2-10,15H,11-14,16H2,1H3. The van der Waals surface area contributed by atoms with Crippen LogP contribution in [0, 0.1) is 11.6 Å². The number of nitrogens with zero attached hydrogens (tertiary/aromatic N) is 3. The van der Waals surface area contributed by atoms with Crippen LogP contribution in [-0.2, 0) is 5.75 Å². The molecule has 2 heterocycles. The molecule has 0 bridgehead atoms. The summed E-state index contributed by atoms with van der Waals surface area (Å²) in [5.41, 5.74) is 2.24. The Morgan fingerprint density at radius 1 is 1.00 bits per heavy atom. The molecule has 1 aliphatic rings. The number of piperazine rings is 1. The molecular formula is C25H23F2N3O2S. The fourth-order valence-electron chi connectivity index (χ4n) is 3.70. The van der Waals surface area contributed by atoms with Crippen LogP contribution in [0.25, 0.3) is 0 Å². The Morgan fingerprint density at radius 3 is 2.39 bits per heavy atom. The molecule has 0 spiro atoms. The topological polar surface area (TPSA) is 53.5 Å². The number of hydrogen-bond donors (Lipinski definition) is 0. The van der Waals surface area contributed by atoms with E-state index in [0.717, 1.165) is 5.56 Å². The van der Waals surface area contributed by atoms with Crippen molar-refractivity contribution in [2.75, 3.05) is 31.1 Å². The van der Waals surface area contributed by atoms with Gasteiger partial charge in [-0.3, -0.25) is 9.59 Å². The molecular weight excluding hydrogens is 444 g/mol. The molecule has 1 saturated heterocycles. The van der Waals surface area contributed by atoms with E-state index in [1.165, 1.54) is 36.9 Å². The number of Topliss-reactive ketones (excluding diaryl/α,β-unsaturated/α-hetero) is 1. The maximum atomic E-state index is 14.5. The summed E-state index contributed by atoms with van der Waals surface area (Å²) < 4.78 is 27.6. The first kappa shape index (κ1) is 22.9. The molecule has 1 amide bonds. The van der Waals surface area contributed by atoms with E-state index < -0.39 is 5.82 Å². The molecule has 1 fully saturated rings. The minimum absolute atomic E-state index is 0.114. The second-order valence-electron chi connectivity index (χ2n) is 7.77. The number of hydrogen-bond acceptors (Lipinski definition) is 5. The number of carbonyl (C=O) groups is 2. The summed E-state index contributed by atoms with van der Waals surface area (Å²) in [5, 5.41) is 0.625. The first-order chi connectivity index (χ1) is 15.9. The predicted octanol–water partition coefficient (Wildman–Crippen LogP) is 4.82. The monoisotopic (exact) mass is 467 g/mol. The number of benzene rings is 2. The van der Waals surface area contributed by atoms with Crippen LogP contribution in [0.15, 0.2) is 65.8 Å². The summed E-state index contributed by atoms with van der Waals surface area (Å²) in [6.45, 7) is 3.28. The smallest absolute Gasteiger partial charge is 0.256 e. The molecule has 0 radical (unpaired) electrons. The molecule has 170 valence electrons. The minimum Gasteiger partial charge on any atom is -0.366 e. The zero-order valence-electron chi connectivity index (χ0n) is 18.1. The highest BCUT2D eigenvalue weighted by Crippen LogP contribution is 2.27. The Bertz CT molecular complexity index is 1160. The van der Waals surface area contributed by atoms with Gasteiger partial charge in [0.1, 0.15) is 16.7 Å². The first-order valence-corrected chi connectivity index (χ1v) is 11.6. The lowest BCUT2D eigenvalue weighted by atomic mass is 10.1. The number of aromatic nitrogens is 1. The Labute approximate surface area is 195 Å². The fourth-order valence-corrected chi connectivity index (χ4v) is 4.65. The van der Waals surface area contributed by atoms with Crippen molar-refractivity contribution in [3.05, 3.63) is 89.1 Å². The van der Waals surface area contributed by atoms with Gasteiger partial charge in [0.25, 0.3) is 5.91 Å². The Morgan fingerprint density at radius 2 is 1.73 bits per heavy atom. The Balaban J connectivity index is 1.41. The predicted molar refractivity (Wildman–Crippen MR) is 125 cm³/mol. The number of rotatable bonds is 6. The molecule has 2 aromatic carbocycles. The van der Waals surface area contributed by atoms with Crippen LogP contribution in [0.1, 0.15) is 33.2 Å². The molecule has 1 aliphatic heterocycles. The number of thioether (sulfide) groups is 1. The third kappa shape index (κ3) is 5.39. The van der Waals surface area contributed by atoms with Crippen LogP contribution in [0.5, 0.6) is 0 Å². The van der Waals surface area contributed by atoms with Gasteiger partial charge >= 0.3 is 0 Å². The Kier molecular flexibility index (Phi) is 7.03. The molecule has 5 nitrogen and oxygen atoms in total. The Hall–Kier alpha value is -3.26. The maximum absolute atomic E-state index is 14.5. The summed E-state index contributed by atoms with van der Waals surface area (Å²) >= 11 is 1.43. The number of carbonyl (C=O) groups excluding carboxylic acids is 2. The summed E-state index contributed by atoms with van der Waals surface area (Å²) in [6, 6.07) is 14.3. The van der Waals surface area contributed by atoms with Gasteiger partial charge in [-0.2, -0.15) is 0 Å². The number of pyridine rings is 1. The van der Waals surface area contributed by atoms with Crippen molar-refractivity contribution in [3.8, 4) is 0 Å². The van der Waals surface area contributed by atoms with E-state index >= 15 is 0 Å². The fraction of sp³-hybridized carbons (Fsp3) is 0.240. The van der Waals surface area contributed by atoms with Gasteiger partial charge in [0, 0.05) is 43.7 Å². The third-order valence-electron chi connectivity index (χ3n) is 5.55. The van der Waals surface area contributed by atoms with E-state index in [1.54, 1.807) is 47.5 Å². The largest absolute Gasteiger partial charge is 0.366 e. The van der Waals surface area contributed by atoms with Gasteiger partial charge in [-0.1, -0.05) is 12.1 Å². The van der Waals surface area contributed by atoms with Crippen LogP contribution in [-0.4, -0.2) is 47.8 Å². The van der Waals surface area contributed by atoms with Crippen LogP contribution in [0.3, 0.4) is 0 Å². The van der Waals surface area contributed by atoms with Gasteiger partial charge in [0.05, 0.1) is 11.3 Å². The third-order valence-corrected chi connectivity index (χ3v) is 6.63. The normalized spacial score (nSPS) is 13.8. The van der Waals surface area contributed by atoms with Gasteiger partial charge < -0.3 is 9.80 Å². The highest BCUT2D eigenvalue weighted by Gasteiger charge is 2.25. The van der Waals surface area contributed by atoms with Crippen LogP contribution in [0.2, 0.25) is 0 Å². The molecule has 0 atom stereocenters. The van der Waals surface area contributed by atoms with E-state index in [9.17, 15) is 18.4 Å². The second-order valence-corrected chi connectivity index (χ2v) is 8.74. The van der Waals surface area contributed by atoms with E-state index in [2.05, 4.69) is 4.98 Å². The van der Waals surface area contributed by atoms with Crippen molar-refractivity contribution >= 4 is 29.1 Å². The lowest BCUT2D eigenvalue weighted by Crippen LogP contribution is -2.49. The van der Waals surface area contributed by atoms with E-state index in [0.29, 0.717) is 53.8 Å². The molecule has 0 aliphatic carbocycles. The molecule has 0 unspecified atom stereocenters. The van der Waals surface area contributed by atoms with Crippen molar-refractivity contribution in [2.24, 2.45) is 0 Å². The molecule has 33 heavy (non-hydrogen) atoms. The zero-order valence-corrected chi connectivity index (χ0v) is 18.9. The highest BCUT2D eigenvalue weighted by molar-refractivity contribution is 7.98. The number of anilines is 1. The van der Waals surface area contributed by atoms with Crippen molar-refractivity contribution < 1.29 is 18.4 Å². The summed E-state index contributed by atoms with van der Waals surface area (Å²) in [7, 11) is 0. The maximum Gasteiger partial charge on any atom is 0.256 e. The highest BCUT2D eigenvalue weighted by atomic mass is 32.2. The summed E-state index contributed by atoms with van der Waals surface area (Å²) in [4.78, 5) is 32.7. The van der Waals surface area contributed by atoms with Gasteiger partial charge in [-0.25, -0.2) is 13.8 Å². The summed E-state index contributed by atoms with van der Waals surface area (Å²) in [6.07, 6.45) is 1.65. The molecule has 4 rings (SSSR count). The van der Waals surface area contributed by atoms with Crippen molar-refractivity contribution in [2.45, 2.75) is 17.7 Å². The van der Waals surface area contributed by atoms with E-state index in [1.807, 2.05) is 4.90 Å². The van der Waals surface area contributed by atoms with Crippen molar-refractivity contribution in [3.63, 3.8) is 0 Å². The molecule has 0 N–H and O–H groups in total. The van der Waals surface area contributed by atoms with Gasteiger partial charge in [-0.05, 0) is 55.0 Å². The minimum atomic E-state index is -0.436.